The molecule has 0 aliphatic heterocycles. The van der Waals surface area contributed by atoms with E-state index in [4.69, 9.17) is 0 Å². The molecular formula is C53H37N3O2. The molecule has 5 nitrogen and oxygen atoms in total. The smallest absolute Gasteiger partial charge is 0.309 e. The molecule has 1 aliphatic carbocycles. The van der Waals surface area contributed by atoms with Gasteiger partial charge in [0, 0.05) is 22.4 Å². The summed E-state index contributed by atoms with van der Waals surface area (Å²) in [4.78, 5) is 30.1. The molecule has 1 unspecified atom stereocenters. The SMILES string of the molecule is O=c1c2cc(-c3ccccc3)ccc2n(-c2ccc3c(c2)c2ccccc2n3-c2ccccc2)c(=O)n1-c1ccc2c(c1)-c1ccccc1C2CCc1ccccc1. The average molecular weight is 748 g/mol. The van der Waals surface area contributed by atoms with E-state index in [1.807, 2.05) is 84.9 Å². The van der Waals surface area contributed by atoms with E-state index in [0.29, 0.717) is 22.3 Å². The van der Waals surface area contributed by atoms with Gasteiger partial charge in [0.1, 0.15) is 0 Å². The van der Waals surface area contributed by atoms with Crippen LogP contribution in [-0.2, 0) is 6.42 Å². The number of fused-ring (bicyclic) bond motifs is 7. The zero-order chi connectivity index (χ0) is 38.7. The number of para-hydroxylation sites is 2. The quantitative estimate of drug-likeness (QED) is 0.163. The van der Waals surface area contributed by atoms with Crippen LogP contribution in [0, 0.1) is 0 Å². The lowest BCUT2D eigenvalue weighted by atomic mass is 9.90. The van der Waals surface area contributed by atoms with E-state index < -0.39 is 5.69 Å². The number of hydrogen-bond acceptors (Lipinski definition) is 2. The number of nitrogens with zero attached hydrogens (tertiary/aromatic N) is 3. The van der Waals surface area contributed by atoms with Crippen LogP contribution < -0.4 is 11.2 Å². The molecule has 2 aromatic heterocycles. The molecule has 0 N–H and O–H groups in total. The summed E-state index contributed by atoms with van der Waals surface area (Å²) in [6, 6.07) is 66.1. The van der Waals surface area contributed by atoms with Crippen molar-refractivity contribution in [2.75, 3.05) is 0 Å². The largest absolute Gasteiger partial charge is 0.340 e. The lowest BCUT2D eigenvalue weighted by molar-refractivity contribution is 0.729. The third kappa shape index (κ3) is 5.39. The highest BCUT2D eigenvalue weighted by molar-refractivity contribution is 6.10. The number of aromatic nitrogens is 3. The molecule has 0 saturated heterocycles. The second kappa shape index (κ2) is 13.6. The summed E-state index contributed by atoms with van der Waals surface area (Å²) in [5, 5.41) is 2.57. The minimum Gasteiger partial charge on any atom is -0.309 e. The number of hydrogen-bond donors (Lipinski definition) is 0. The Kier molecular flexibility index (Phi) is 7.93. The molecule has 0 amide bonds. The molecular weight excluding hydrogens is 711 g/mol. The summed E-state index contributed by atoms with van der Waals surface area (Å²) in [5.74, 6) is 0.212. The van der Waals surface area contributed by atoms with E-state index in [0.717, 1.165) is 62.6 Å². The summed E-state index contributed by atoms with van der Waals surface area (Å²) in [7, 11) is 0. The van der Waals surface area contributed by atoms with E-state index in [1.54, 1.807) is 4.57 Å². The first-order valence-corrected chi connectivity index (χ1v) is 19.9. The highest BCUT2D eigenvalue weighted by Crippen LogP contribution is 2.47. The van der Waals surface area contributed by atoms with Crippen molar-refractivity contribution in [1.82, 2.24) is 13.7 Å². The van der Waals surface area contributed by atoms with Crippen LogP contribution in [0.15, 0.2) is 204 Å². The minimum absolute atomic E-state index is 0.212. The van der Waals surface area contributed by atoms with Crippen LogP contribution in [0.2, 0.25) is 0 Å². The molecule has 5 heteroatoms. The standard InChI is InChI=1S/C53H37N3O2/c57-52-48-32-37(36-16-6-2-7-17-36)25-30-51(48)55(39-27-31-50-47(34-39)45-22-12-13-23-49(45)54(50)38-18-8-3-9-19-38)53(58)56(52)40-26-29-44-43(28-24-35-14-4-1-5-15-35)41-20-10-11-21-42(41)46(44)33-40/h1-23,25-27,29-34,43H,24,28H2. The van der Waals surface area contributed by atoms with Gasteiger partial charge >= 0.3 is 5.69 Å². The predicted octanol–water partition coefficient (Wildman–Crippen LogP) is 11.7. The van der Waals surface area contributed by atoms with Gasteiger partial charge in [0.2, 0.25) is 0 Å². The van der Waals surface area contributed by atoms with Gasteiger partial charge in [-0.15, -0.1) is 0 Å². The molecule has 10 aromatic rings. The Labute approximate surface area is 335 Å². The van der Waals surface area contributed by atoms with Gasteiger partial charge in [0.05, 0.1) is 33.3 Å². The van der Waals surface area contributed by atoms with Crippen LogP contribution in [0.4, 0.5) is 0 Å². The van der Waals surface area contributed by atoms with E-state index in [9.17, 15) is 4.79 Å². The fourth-order valence-corrected chi connectivity index (χ4v) is 9.26. The summed E-state index contributed by atoms with van der Waals surface area (Å²) >= 11 is 0. The van der Waals surface area contributed by atoms with E-state index in [2.05, 4.69) is 114 Å². The second-order valence-electron chi connectivity index (χ2n) is 15.2. The third-order valence-electron chi connectivity index (χ3n) is 12.0. The molecule has 1 aliphatic rings. The van der Waals surface area contributed by atoms with Crippen LogP contribution in [0.1, 0.15) is 29.0 Å². The second-order valence-corrected chi connectivity index (χ2v) is 15.2. The van der Waals surface area contributed by atoms with E-state index in [-0.39, 0.29) is 11.5 Å². The maximum absolute atomic E-state index is 15.2. The highest BCUT2D eigenvalue weighted by Gasteiger charge is 2.29. The van der Waals surface area contributed by atoms with Gasteiger partial charge in [0.25, 0.3) is 5.56 Å². The molecule has 8 aromatic carbocycles. The van der Waals surface area contributed by atoms with Crippen molar-refractivity contribution in [2.24, 2.45) is 0 Å². The van der Waals surface area contributed by atoms with Crippen molar-refractivity contribution in [3.8, 4) is 39.3 Å². The number of rotatable bonds is 7. The van der Waals surface area contributed by atoms with Crippen molar-refractivity contribution in [3.05, 3.63) is 232 Å². The van der Waals surface area contributed by atoms with E-state index >= 15 is 4.79 Å². The lowest BCUT2D eigenvalue weighted by Crippen LogP contribution is -2.38. The molecule has 0 spiro atoms. The Bertz CT molecular complexity index is 3320. The first kappa shape index (κ1) is 33.8. The molecule has 0 radical (unpaired) electrons. The van der Waals surface area contributed by atoms with Gasteiger partial charge in [-0.1, -0.05) is 133 Å². The Morgan fingerprint density at radius 3 is 1.84 bits per heavy atom. The van der Waals surface area contributed by atoms with Crippen molar-refractivity contribution < 1.29 is 0 Å². The fraction of sp³-hybridized carbons (Fsp3) is 0.0566. The zero-order valence-electron chi connectivity index (χ0n) is 31.6. The van der Waals surface area contributed by atoms with Crippen LogP contribution >= 0.6 is 0 Å². The summed E-state index contributed by atoms with van der Waals surface area (Å²) in [6.45, 7) is 0. The average Bonchev–Trinajstić information content (AvgIpc) is 3.78. The van der Waals surface area contributed by atoms with Gasteiger partial charge in [0.15, 0.2) is 0 Å². The monoisotopic (exact) mass is 747 g/mol. The molecule has 2 heterocycles. The van der Waals surface area contributed by atoms with Gasteiger partial charge in [-0.05, 0) is 112 Å². The van der Waals surface area contributed by atoms with Crippen molar-refractivity contribution in [3.63, 3.8) is 0 Å². The lowest BCUT2D eigenvalue weighted by Gasteiger charge is -2.17. The normalized spacial score (nSPS) is 13.3. The predicted molar refractivity (Wildman–Crippen MR) is 237 cm³/mol. The van der Waals surface area contributed by atoms with Crippen LogP contribution in [0.3, 0.4) is 0 Å². The molecule has 276 valence electrons. The Balaban J connectivity index is 1.13. The van der Waals surface area contributed by atoms with E-state index in [1.165, 1.54) is 21.3 Å². The summed E-state index contributed by atoms with van der Waals surface area (Å²) < 4.78 is 5.34. The first-order chi connectivity index (χ1) is 28.6. The van der Waals surface area contributed by atoms with Crippen LogP contribution in [0.5, 0.6) is 0 Å². The molecule has 11 rings (SSSR count). The highest BCUT2D eigenvalue weighted by atomic mass is 16.2. The maximum atomic E-state index is 15.2. The Hall–Kier alpha value is -7.50. The molecule has 1 atom stereocenters. The summed E-state index contributed by atoms with van der Waals surface area (Å²) in [6.07, 6.45) is 1.91. The number of benzene rings is 8. The maximum Gasteiger partial charge on any atom is 0.340 e. The van der Waals surface area contributed by atoms with Crippen molar-refractivity contribution in [2.45, 2.75) is 18.8 Å². The fourth-order valence-electron chi connectivity index (χ4n) is 9.26. The van der Waals surface area contributed by atoms with Crippen molar-refractivity contribution in [1.29, 1.82) is 0 Å². The topological polar surface area (TPSA) is 48.9 Å². The van der Waals surface area contributed by atoms with Gasteiger partial charge < -0.3 is 4.57 Å². The first-order valence-electron chi connectivity index (χ1n) is 19.9. The van der Waals surface area contributed by atoms with Gasteiger partial charge in [-0.25, -0.2) is 9.36 Å². The van der Waals surface area contributed by atoms with Gasteiger partial charge in [-0.2, -0.15) is 0 Å². The zero-order valence-corrected chi connectivity index (χ0v) is 31.6. The third-order valence-corrected chi connectivity index (χ3v) is 12.0. The van der Waals surface area contributed by atoms with Crippen LogP contribution in [-0.4, -0.2) is 13.7 Å². The number of aryl methyl sites for hydroxylation is 1. The van der Waals surface area contributed by atoms with Crippen LogP contribution in [0.25, 0.3) is 72.0 Å². The Morgan fingerprint density at radius 2 is 1.02 bits per heavy atom. The molecule has 0 saturated carbocycles. The van der Waals surface area contributed by atoms with Gasteiger partial charge in [-0.3, -0.25) is 9.36 Å². The molecule has 0 bridgehead atoms. The van der Waals surface area contributed by atoms with Crippen molar-refractivity contribution >= 4 is 32.7 Å². The minimum atomic E-state index is -0.414. The summed E-state index contributed by atoms with van der Waals surface area (Å²) in [5.41, 5.74) is 12.2. The molecule has 58 heavy (non-hydrogen) atoms. The molecule has 0 fully saturated rings. The Morgan fingerprint density at radius 1 is 0.397 bits per heavy atom.